The van der Waals surface area contributed by atoms with Crippen LogP contribution in [-0.2, 0) is 19.6 Å². The fraction of sp³-hybridized carbons (Fsp3) is 0.286. The number of rotatable bonds is 6. The molecule has 0 aliphatic carbocycles. The van der Waals surface area contributed by atoms with E-state index in [1.54, 1.807) is 12.1 Å². The maximum atomic E-state index is 13.2. The van der Waals surface area contributed by atoms with Gasteiger partial charge in [-0.1, -0.05) is 12.1 Å². The van der Waals surface area contributed by atoms with Crippen molar-refractivity contribution in [3.8, 4) is 0 Å². The van der Waals surface area contributed by atoms with Gasteiger partial charge in [-0.2, -0.15) is 4.31 Å². The summed E-state index contributed by atoms with van der Waals surface area (Å²) < 4.78 is 44.9. The van der Waals surface area contributed by atoms with Gasteiger partial charge >= 0.3 is 5.97 Å². The molecule has 2 atom stereocenters. The van der Waals surface area contributed by atoms with Gasteiger partial charge in [-0.05, 0) is 36.4 Å². The van der Waals surface area contributed by atoms with Crippen molar-refractivity contribution in [3.63, 3.8) is 0 Å². The van der Waals surface area contributed by atoms with Crippen LogP contribution in [0.4, 0.5) is 4.39 Å². The quantitative estimate of drug-likeness (QED) is 0.498. The van der Waals surface area contributed by atoms with Gasteiger partial charge in [0.25, 0.3) is 11.8 Å². The molecule has 1 saturated heterocycles. The van der Waals surface area contributed by atoms with Crippen LogP contribution in [0.15, 0.2) is 53.4 Å². The number of ether oxygens (including phenoxy) is 1. The summed E-state index contributed by atoms with van der Waals surface area (Å²) in [6.45, 7) is -0.850. The number of carbonyl (C=O) groups excluding carboxylic acids is 3. The Morgan fingerprint density at radius 2 is 1.66 bits per heavy atom. The van der Waals surface area contributed by atoms with Crippen molar-refractivity contribution in [2.24, 2.45) is 0 Å². The number of halogens is 1. The Morgan fingerprint density at radius 1 is 1.06 bits per heavy atom. The van der Waals surface area contributed by atoms with Gasteiger partial charge in [-0.15, -0.1) is 0 Å². The van der Waals surface area contributed by atoms with Crippen molar-refractivity contribution in [1.82, 2.24) is 9.21 Å². The number of fused-ring (bicyclic) bond motifs is 1. The van der Waals surface area contributed by atoms with E-state index in [9.17, 15) is 32.3 Å². The Morgan fingerprint density at radius 3 is 2.25 bits per heavy atom. The highest BCUT2D eigenvalue weighted by Crippen LogP contribution is 2.28. The molecule has 32 heavy (non-hydrogen) atoms. The Kier molecular flexibility index (Phi) is 5.80. The SMILES string of the molecule is O=C(OCCN1C(=O)c2ccccc2C1=O)[C@@H]1C[C@H](O)CN1S(=O)(=O)c1ccc(F)cc1. The molecular formula is C21H19FN2O7S. The third kappa shape index (κ3) is 3.90. The van der Waals surface area contributed by atoms with Gasteiger partial charge in [0, 0.05) is 13.0 Å². The molecule has 168 valence electrons. The van der Waals surface area contributed by atoms with Crippen LogP contribution in [-0.4, -0.2) is 72.4 Å². The van der Waals surface area contributed by atoms with Crippen LogP contribution >= 0.6 is 0 Å². The molecule has 4 rings (SSSR count). The summed E-state index contributed by atoms with van der Waals surface area (Å²) in [6.07, 6.45) is -1.26. The smallest absolute Gasteiger partial charge is 0.324 e. The molecule has 1 fully saturated rings. The molecule has 1 N–H and O–H groups in total. The molecule has 0 saturated carbocycles. The van der Waals surface area contributed by atoms with Crippen molar-refractivity contribution in [2.45, 2.75) is 23.5 Å². The fourth-order valence-electron chi connectivity index (χ4n) is 3.78. The van der Waals surface area contributed by atoms with Gasteiger partial charge in [0.15, 0.2) is 0 Å². The number of aliphatic hydroxyl groups is 1. The monoisotopic (exact) mass is 462 g/mol. The summed E-state index contributed by atoms with van der Waals surface area (Å²) in [4.78, 5) is 38.1. The fourth-order valence-corrected chi connectivity index (χ4v) is 5.41. The number of hydrogen-bond acceptors (Lipinski definition) is 7. The second kappa shape index (κ2) is 8.41. The molecule has 2 aliphatic heterocycles. The molecule has 11 heteroatoms. The summed E-state index contributed by atoms with van der Waals surface area (Å²) in [7, 11) is -4.19. The third-order valence-electron chi connectivity index (χ3n) is 5.36. The van der Waals surface area contributed by atoms with Crippen LogP contribution in [0.1, 0.15) is 27.1 Å². The number of sulfonamides is 1. The number of β-amino-alcohol motifs (C(OH)–C–C–N with tert-alkyl or cyclic N) is 1. The molecule has 9 nitrogen and oxygen atoms in total. The van der Waals surface area contributed by atoms with E-state index in [4.69, 9.17) is 4.74 Å². The summed E-state index contributed by atoms with van der Waals surface area (Å²) in [6, 6.07) is 9.13. The van der Waals surface area contributed by atoms with Crippen molar-refractivity contribution in [3.05, 3.63) is 65.5 Å². The van der Waals surface area contributed by atoms with E-state index in [-0.39, 0.29) is 42.1 Å². The molecule has 0 radical (unpaired) electrons. The van der Waals surface area contributed by atoms with E-state index in [0.29, 0.717) is 0 Å². The number of amides is 2. The Labute approximate surface area is 183 Å². The number of hydrogen-bond donors (Lipinski definition) is 1. The molecule has 0 bridgehead atoms. The predicted octanol–water partition coefficient (Wildman–Crippen LogP) is 0.789. The van der Waals surface area contributed by atoms with Crippen LogP contribution in [0.5, 0.6) is 0 Å². The lowest BCUT2D eigenvalue weighted by Crippen LogP contribution is -2.42. The average molecular weight is 462 g/mol. The normalized spacial score (nSPS) is 21.1. The van der Waals surface area contributed by atoms with Gasteiger partial charge in [0.2, 0.25) is 10.0 Å². The summed E-state index contributed by atoms with van der Waals surface area (Å²) >= 11 is 0. The number of benzene rings is 2. The lowest BCUT2D eigenvalue weighted by Gasteiger charge is -2.23. The summed E-state index contributed by atoms with van der Waals surface area (Å²) in [5, 5.41) is 9.97. The van der Waals surface area contributed by atoms with Crippen LogP contribution in [0.25, 0.3) is 0 Å². The maximum absolute atomic E-state index is 13.2. The third-order valence-corrected chi connectivity index (χ3v) is 7.25. The highest BCUT2D eigenvalue weighted by molar-refractivity contribution is 7.89. The van der Waals surface area contributed by atoms with Crippen LogP contribution in [0.2, 0.25) is 0 Å². The van der Waals surface area contributed by atoms with Crippen molar-refractivity contribution in [2.75, 3.05) is 19.7 Å². The van der Waals surface area contributed by atoms with Crippen LogP contribution in [0, 0.1) is 5.82 Å². The summed E-state index contributed by atoms with van der Waals surface area (Å²) in [5.41, 5.74) is 0.526. The first-order chi connectivity index (χ1) is 15.2. The molecule has 2 aromatic carbocycles. The predicted molar refractivity (Wildman–Crippen MR) is 107 cm³/mol. The largest absolute Gasteiger partial charge is 0.463 e. The van der Waals surface area contributed by atoms with E-state index in [2.05, 4.69) is 0 Å². The zero-order chi connectivity index (χ0) is 23.0. The molecule has 0 aromatic heterocycles. The molecule has 2 aliphatic rings. The molecule has 2 aromatic rings. The van der Waals surface area contributed by atoms with E-state index in [1.807, 2.05) is 0 Å². The Balaban J connectivity index is 1.42. The maximum Gasteiger partial charge on any atom is 0.324 e. The lowest BCUT2D eigenvalue weighted by atomic mass is 10.1. The first kappa shape index (κ1) is 22.1. The average Bonchev–Trinajstić information content (AvgIpc) is 3.28. The van der Waals surface area contributed by atoms with Crippen LogP contribution in [0.3, 0.4) is 0 Å². The van der Waals surface area contributed by atoms with E-state index in [1.165, 1.54) is 12.1 Å². The number of esters is 1. The highest BCUT2D eigenvalue weighted by Gasteiger charge is 2.44. The zero-order valence-electron chi connectivity index (χ0n) is 16.7. The van der Waals surface area contributed by atoms with Gasteiger partial charge in [-0.3, -0.25) is 19.3 Å². The zero-order valence-corrected chi connectivity index (χ0v) is 17.5. The Bertz CT molecular complexity index is 1150. The topological polar surface area (TPSA) is 121 Å². The number of aliphatic hydroxyl groups excluding tert-OH is 1. The molecule has 2 heterocycles. The van der Waals surface area contributed by atoms with Crippen LogP contribution < -0.4 is 0 Å². The van der Waals surface area contributed by atoms with Crippen molar-refractivity contribution < 1.29 is 37.0 Å². The standard InChI is InChI=1S/C21H19FN2O7S/c22-13-5-7-15(8-6-13)32(29,30)24-12-14(25)11-18(24)21(28)31-10-9-23-19(26)16-3-1-2-4-17(16)20(23)27/h1-8,14,18,25H,9-12H2/t14-,18-/m0/s1. The minimum absolute atomic E-state index is 0.174. The summed E-state index contributed by atoms with van der Waals surface area (Å²) in [5.74, 6) is -2.53. The molecule has 0 spiro atoms. The van der Waals surface area contributed by atoms with E-state index >= 15 is 0 Å². The first-order valence-electron chi connectivity index (χ1n) is 9.77. The van der Waals surface area contributed by atoms with E-state index < -0.39 is 45.8 Å². The molecular weight excluding hydrogens is 443 g/mol. The highest BCUT2D eigenvalue weighted by atomic mass is 32.2. The first-order valence-corrected chi connectivity index (χ1v) is 11.2. The molecule has 0 unspecified atom stereocenters. The number of carbonyl (C=O) groups is 3. The van der Waals surface area contributed by atoms with Gasteiger partial charge < -0.3 is 9.84 Å². The van der Waals surface area contributed by atoms with E-state index in [0.717, 1.165) is 33.5 Å². The van der Waals surface area contributed by atoms with Crippen molar-refractivity contribution in [1.29, 1.82) is 0 Å². The molecule has 2 amide bonds. The second-order valence-electron chi connectivity index (χ2n) is 7.41. The van der Waals surface area contributed by atoms with Crippen molar-refractivity contribution >= 4 is 27.8 Å². The number of nitrogens with zero attached hydrogens (tertiary/aromatic N) is 2. The van der Waals surface area contributed by atoms with Gasteiger partial charge in [0.1, 0.15) is 18.5 Å². The minimum Gasteiger partial charge on any atom is -0.463 e. The second-order valence-corrected chi connectivity index (χ2v) is 9.30. The van der Waals surface area contributed by atoms with Gasteiger partial charge in [0.05, 0.1) is 28.7 Å². The minimum atomic E-state index is -4.19. The lowest BCUT2D eigenvalue weighted by molar-refractivity contribution is -0.147. The Hall–Kier alpha value is -3.15. The number of imide groups is 1. The van der Waals surface area contributed by atoms with Gasteiger partial charge in [-0.25, -0.2) is 12.8 Å².